The van der Waals surface area contributed by atoms with Crippen LogP contribution >= 0.6 is 0 Å². The van der Waals surface area contributed by atoms with Crippen molar-refractivity contribution in [1.29, 1.82) is 0 Å². The summed E-state index contributed by atoms with van der Waals surface area (Å²) in [6.07, 6.45) is 5.56. The van der Waals surface area contributed by atoms with Gasteiger partial charge in [0.15, 0.2) is 0 Å². The lowest BCUT2D eigenvalue weighted by Gasteiger charge is -2.25. The summed E-state index contributed by atoms with van der Waals surface area (Å²) < 4.78 is 16.0. The third kappa shape index (κ3) is 4.38. The average Bonchev–Trinajstić information content (AvgIpc) is 3.30. The van der Waals surface area contributed by atoms with Gasteiger partial charge in [0.2, 0.25) is 5.91 Å². The Morgan fingerprint density at radius 3 is 2.78 bits per heavy atom. The van der Waals surface area contributed by atoms with Crippen molar-refractivity contribution < 1.29 is 9.18 Å². The number of fused-ring (bicyclic) bond motifs is 1. The fraction of sp³-hybridized carbons (Fsp3) is 0.524. The predicted molar refractivity (Wildman–Crippen MR) is 102 cm³/mol. The fourth-order valence-electron chi connectivity index (χ4n) is 4.19. The largest absolute Gasteiger partial charge is 0.336 e. The van der Waals surface area contributed by atoms with Crippen LogP contribution in [0, 0.1) is 11.7 Å². The van der Waals surface area contributed by atoms with Gasteiger partial charge in [-0.3, -0.25) is 9.48 Å². The van der Waals surface area contributed by atoms with Crippen LogP contribution in [0.25, 0.3) is 0 Å². The Kier molecular flexibility index (Phi) is 5.53. The van der Waals surface area contributed by atoms with Gasteiger partial charge in [0.1, 0.15) is 5.82 Å². The Labute approximate surface area is 159 Å². The van der Waals surface area contributed by atoms with E-state index in [0.717, 1.165) is 25.2 Å². The van der Waals surface area contributed by atoms with E-state index in [9.17, 15) is 9.18 Å². The minimum atomic E-state index is -0.309. The van der Waals surface area contributed by atoms with Crippen molar-refractivity contribution in [3.8, 4) is 0 Å². The van der Waals surface area contributed by atoms with E-state index in [1.807, 2.05) is 15.6 Å². The zero-order chi connectivity index (χ0) is 18.6. The van der Waals surface area contributed by atoms with Crippen molar-refractivity contribution in [1.82, 2.24) is 19.6 Å². The lowest BCUT2D eigenvalue weighted by molar-refractivity contribution is -0.131. The molecule has 0 bridgehead atoms. The van der Waals surface area contributed by atoms with Crippen molar-refractivity contribution in [2.24, 2.45) is 5.92 Å². The molecule has 0 unspecified atom stereocenters. The number of nitrogens with zero attached hydrogens (tertiary/aromatic N) is 4. The number of rotatable bonds is 5. The highest BCUT2D eigenvalue weighted by Gasteiger charge is 2.26. The van der Waals surface area contributed by atoms with E-state index in [1.165, 1.54) is 32.0 Å². The molecule has 1 fully saturated rings. The molecule has 0 saturated carbocycles. The SMILES string of the molecule is O=C(Cc1ccccc1F)N1Cc2ccnn2C[C@H](CCN2CCCC2)C1. The summed E-state index contributed by atoms with van der Waals surface area (Å²) in [6, 6.07) is 8.52. The van der Waals surface area contributed by atoms with Crippen LogP contribution in [0.2, 0.25) is 0 Å². The van der Waals surface area contributed by atoms with Crippen LogP contribution in [0.4, 0.5) is 4.39 Å². The average molecular weight is 370 g/mol. The highest BCUT2D eigenvalue weighted by molar-refractivity contribution is 5.78. The van der Waals surface area contributed by atoms with Gasteiger partial charge in [-0.2, -0.15) is 5.10 Å². The molecule has 3 heterocycles. The minimum Gasteiger partial charge on any atom is -0.336 e. The highest BCUT2D eigenvalue weighted by atomic mass is 19.1. The fourth-order valence-corrected chi connectivity index (χ4v) is 4.19. The molecule has 1 aromatic carbocycles. The monoisotopic (exact) mass is 370 g/mol. The molecule has 1 atom stereocenters. The van der Waals surface area contributed by atoms with E-state index in [0.29, 0.717) is 24.6 Å². The number of hydrogen-bond acceptors (Lipinski definition) is 3. The smallest absolute Gasteiger partial charge is 0.227 e. The lowest BCUT2D eigenvalue weighted by Crippen LogP contribution is -2.36. The molecule has 4 rings (SSSR count). The lowest BCUT2D eigenvalue weighted by atomic mass is 10.0. The molecule has 0 aliphatic carbocycles. The topological polar surface area (TPSA) is 41.4 Å². The van der Waals surface area contributed by atoms with Gasteiger partial charge in [-0.1, -0.05) is 18.2 Å². The molecule has 1 amide bonds. The van der Waals surface area contributed by atoms with Crippen LogP contribution in [-0.2, 0) is 24.3 Å². The van der Waals surface area contributed by atoms with Crippen LogP contribution in [0.5, 0.6) is 0 Å². The van der Waals surface area contributed by atoms with Crippen molar-refractivity contribution in [2.45, 2.75) is 38.8 Å². The van der Waals surface area contributed by atoms with Crippen LogP contribution in [0.1, 0.15) is 30.5 Å². The molecular weight excluding hydrogens is 343 g/mol. The van der Waals surface area contributed by atoms with E-state index in [-0.39, 0.29) is 18.1 Å². The van der Waals surface area contributed by atoms with E-state index < -0.39 is 0 Å². The minimum absolute atomic E-state index is 0.0130. The summed E-state index contributed by atoms with van der Waals surface area (Å²) in [5.41, 5.74) is 1.52. The first-order valence-electron chi connectivity index (χ1n) is 9.93. The van der Waals surface area contributed by atoms with Crippen molar-refractivity contribution in [3.05, 3.63) is 53.6 Å². The molecule has 0 spiro atoms. The third-order valence-electron chi connectivity index (χ3n) is 5.77. The molecule has 1 aromatic heterocycles. The number of aromatic nitrogens is 2. The molecule has 0 radical (unpaired) electrons. The van der Waals surface area contributed by atoms with E-state index in [1.54, 1.807) is 24.4 Å². The van der Waals surface area contributed by atoms with Crippen LogP contribution in [0.15, 0.2) is 36.5 Å². The summed E-state index contributed by atoms with van der Waals surface area (Å²) in [4.78, 5) is 17.3. The Balaban J connectivity index is 1.45. The second kappa shape index (κ2) is 8.21. The Bertz CT molecular complexity index is 784. The van der Waals surface area contributed by atoms with Crippen LogP contribution in [-0.4, -0.2) is 51.7 Å². The summed E-state index contributed by atoms with van der Waals surface area (Å²) in [5, 5.41) is 4.44. The molecule has 1 saturated heterocycles. The predicted octanol–water partition coefficient (Wildman–Crippen LogP) is 2.71. The first kappa shape index (κ1) is 18.2. The standard InChI is InChI=1S/C21H27FN4O/c22-20-6-2-1-5-18(20)13-21(27)25-14-17(8-12-24-10-3-4-11-24)15-26-19(16-25)7-9-23-26/h1-2,5-7,9,17H,3-4,8,10-16H2/t17-/m1/s1. The normalized spacial score (nSPS) is 20.5. The Hall–Kier alpha value is -2.21. The summed E-state index contributed by atoms with van der Waals surface area (Å²) in [7, 11) is 0. The maximum atomic E-state index is 14.0. The molecule has 144 valence electrons. The quantitative estimate of drug-likeness (QED) is 0.813. The van der Waals surface area contributed by atoms with Crippen molar-refractivity contribution in [2.75, 3.05) is 26.2 Å². The van der Waals surface area contributed by atoms with Gasteiger partial charge >= 0.3 is 0 Å². The number of benzene rings is 1. The number of carbonyl (C=O) groups is 1. The van der Waals surface area contributed by atoms with Gasteiger partial charge < -0.3 is 9.80 Å². The second-order valence-corrected chi connectivity index (χ2v) is 7.75. The van der Waals surface area contributed by atoms with E-state index in [2.05, 4.69) is 10.00 Å². The number of halogens is 1. The maximum Gasteiger partial charge on any atom is 0.227 e. The Morgan fingerprint density at radius 2 is 1.96 bits per heavy atom. The van der Waals surface area contributed by atoms with Crippen LogP contribution < -0.4 is 0 Å². The molecule has 6 heteroatoms. The molecular formula is C21H27FN4O. The van der Waals surface area contributed by atoms with Crippen LogP contribution in [0.3, 0.4) is 0 Å². The molecule has 27 heavy (non-hydrogen) atoms. The van der Waals surface area contributed by atoms with Gasteiger partial charge in [-0.05, 0) is 62.5 Å². The molecule has 2 aliphatic rings. The number of likely N-dealkylation sites (tertiary alicyclic amines) is 1. The number of carbonyl (C=O) groups excluding carboxylic acids is 1. The molecule has 2 aliphatic heterocycles. The summed E-state index contributed by atoms with van der Waals surface area (Å²) in [6.45, 7) is 5.57. The van der Waals surface area contributed by atoms with Gasteiger partial charge in [-0.15, -0.1) is 0 Å². The highest BCUT2D eigenvalue weighted by Crippen LogP contribution is 2.21. The second-order valence-electron chi connectivity index (χ2n) is 7.75. The van der Waals surface area contributed by atoms with Crippen molar-refractivity contribution >= 4 is 5.91 Å². The first-order valence-corrected chi connectivity index (χ1v) is 9.93. The molecule has 0 N–H and O–H groups in total. The first-order chi connectivity index (χ1) is 13.2. The van der Waals surface area contributed by atoms with E-state index >= 15 is 0 Å². The maximum absolute atomic E-state index is 14.0. The third-order valence-corrected chi connectivity index (χ3v) is 5.77. The van der Waals surface area contributed by atoms with E-state index in [4.69, 9.17) is 0 Å². The van der Waals surface area contributed by atoms with Gasteiger partial charge in [0, 0.05) is 19.3 Å². The van der Waals surface area contributed by atoms with Gasteiger partial charge in [0.05, 0.1) is 18.7 Å². The van der Waals surface area contributed by atoms with Gasteiger partial charge in [0.25, 0.3) is 0 Å². The summed E-state index contributed by atoms with van der Waals surface area (Å²) in [5.74, 6) is 0.0496. The zero-order valence-electron chi connectivity index (χ0n) is 15.7. The summed E-state index contributed by atoms with van der Waals surface area (Å²) >= 11 is 0. The zero-order valence-corrected chi connectivity index (χ0v) is 15.7. The number of amides is 1. The number of hydrogen-bond donors (Lipinski definition) is 0. The van der Waals surface area contributed by atoms with Gasteiger partial charge in [-0.25, -0.2) is 4.39 Å². The molecule has 2 aromatic rings. The Morgan fingerprint density at radius 1 is 1.15 bits per heavy atom. The molecule has 5 nitrogen and oxygen atoms in total. The van der Waals surface area contributed by atoms with Crippen molar-refractivity contribution in [3.63, 3.8) is 0 Å².